The molecule has 1 rings (SSSR count). The Labute approximate surface area is 91.2 Å². The number of hydrogen-bond acceptors (Lipinski definition) is 3. The van der Waals surface area contributed by atoms with Crippen LogP contribution in [0.25, 0.3) is 0 Å². The summed E-state index contributed by atoms with van der Waals surface area (Å²) in [6, 6.07) is 3.95. The van der Waals surface area contributed by atoms with Crippen LogP contribution < -0.4 is 11.5 Å². The second-order valence-electron chi connectivity index (χ2n) is 3.20. The lowest BCUT2D eigenvalue weighted by Crippen LogP contribution is -2.11. The molecule has 4 N–H and O–H groups in total. The fourth-order valence-corrected chi connectivity index (χ4v) is 1.26. The van der Waals surface area contributed by atoms with Gasteiger partial charge in [-0.3, -0.25) is 0 Å². The van der Waals surface area contributed by atoms with E-state index in [4.69, 9.17) is 15.9 Å². The highest BCUT2D eigenvalue weighted by Gasteiger charge is 2.09. The van der Waals surface area contributed by atoms with Crippen molar-refractivity contribution in [2.45, 2.75) is 32.2 Å². The minimum atomic E-state index is 0. The Morgan fingerprint density at radius 2 is 2.14 bits per heavy atom. The molecule has 0 amide bonds. The lowest BCUT2D eigenvalue weighted by Gasteiger charge is -2.06. The van der Waals surface area contributed by atoms with Crippen LogP contribution in [-0.4, -0.2) is 6.54 Å². The maximum Gasteiger partial charge on any atom is 0.120 e. The highest BCUT2D eigenvalue weighted by molar-refractivity contribution is 5.85. The maximum absolute atomic E-state index is 5.90. The van der Waals surface area contributed by atoms with Gasteiger partial charge in [0.1, 0.15) is 11.5 Å². The molecule has 0 fully saturated rings. The summed E-state index contributed by atoms with van der Waals surface area (Å²) in [5.74, 6) is 1.88. The molecule has 82 valence electrons. The monoisotopic (exact) mass is 218 g/mol. The summed E-state index contributed by atoms with van der Waals surface area (Å²) in [6.45, 7) is 2.75. The van der Waals surface area contributed by atoms with Crippen LogP contribution in [0, 0.1) is 0 Å². The van der Waals surface area contributed by atoms with Gasteiger partial charge in [0, 0.05) is 6.42 Å². The van der Waals surface area contributed by atoms with Crippen LogP contribution >= 0.6 is 12.4 Å². The summed E-state index contributed by atoms with van der Waals surface area (Å²) in [4.78, 5) is 0. The predicted molar refractivity (Wildman–Crippen MR) is 60.6 cm³/mol. The van der Waals surface area contributed by atoms with Crippen molar-refractivity contribution in [3.8, 4) is 0 Å². The first-order valence-electron chi connectivity index (χ1n) is 4.82. The molecule has 0 radical (unpaired) electrons. The molecule has 1 heterocycles. The average molecular weight is 219 g/mol. The second kappa shape index (κ2) is 6.87. The number of hydrogen-bond donors (Lipinski definition) is 2. The zero-order valence-corrected chi connectivity index (χ0v) is 9.35. The van der Waals surface area contributed by atoms with E-state index in [9.17, 15) is 0 Å². The van der Waals surface area contributed by atoms with Gasteiger partial charge in [0.25, 0.3) is 0 Å². The van der Waals surface area contributed by atoms with Gasteiger partial charge in [-0.15, -0.1) is 12.4 Å². The third-order valence-electron chi connectivity index (χ3n) is 2.12. The van der Waals surface area contributed by atoms with Crippen molar-refractivity contribution in [2.24, 2.45) is 11.5 Å². The first-order valence-corrected chi connectivity index (χ1v) is 4.82. The van der Waals surface area contributed by atoms with E-state index in [1.54, 1.807) is 0 Å². The van der Waals surface area contributed by atoms with Crippen LogP contribution in [0.15, 0.2) is 16.5 Å². The van der Waals surface area contributed by atoms with E-state index in [-0.39, 0.29) is 18.4 Å². The van der Waals surface area contributed by atoms with E-state index in [1.165, 1.54) is 0 Å². The Morgan fingerprint density at radius 3 is 2.64 bits per heavy atom. The molecule has 0 saturated heterocycles. The summed E-state index contributed by atoms with van der Waals surface area (Å²) < 4.78 is 5.53. The van der Waals surface area contributed by atoms with Gasteiger partial charge < -0.3 is 15.9 Å². The fraction of sp³-hybridized carbons (Fsp3) is 0.600. The average Bonchev–Trinajstić information content (AvgIpc) is 2.62. The topological polar surface area (TPSA) is 65.2 Å². The highest BCUT2D eigenvalue weighted by Crippen LogP contribution is 2.18. The lowest BCUT2D eigenvalue weighted by atomic mass is 10.1. The molecular formula is C10H19ClN2O. The number of furan rings is 1. The Hall–Kier alpha value is -0.510. The van der Waals surface area contributed by atoms with Gasteiger partial charge in [-0.05, 0) is 31.5 Å². The van der Waals surface area contributed by atoms with Crippen molar-refractivity contribution in [1.29, 1.82) is 0 Å². The van der Waals surface area contributed by atoms with Crippen molar-refractivity contribution >= 4 is 12.4 Å². The highest BCUT2D eigenvalue weighted by atomic mass is 35.5. The normalized spacial score (nSPS) is 12.2. The molecule has 0 saturated carbocycles. The smallest absolute Gasteiger partial charge is 0.120 e. The number of halogens is 1. The third kappa shape index (κ3) is 3.70. The first kappa shape index (κ1) is 13.5. The molecule has 1 atom stereocenters. The van der Waals surface area contributed by atoms with Crippen LogP contribution in [0.5, 0.6) is 0 Å². The van der Waals surface area contributed by atoms with Crippen LogP contribution in [0.3, 0.4) is 0 Å². The van der Waals surface area contributed by atoms with E-state index >= 15 is 0 Å². The van der Waals surface area contributed by atoms with Crippen LogP contribution in [0.1, 0.15) is 37.3 Å². The summed E-state index contributed by atoms with van der Waals surface area (Å²) in [6.07, 6.45) is 2.76. The molecule has 0 aliphatic heterocycles. The van der Waals surface area contributed by atoms with Crippen LogP contribution in [0.4, 0.5) is 0 Å². The summed E-state index contributed by atoms with van der Waals surface area (Å²) >= 11 is 0. The predicted octanol–water partition coefficient (Wildman–Crippen LogP) is 2.00. The molecule has 0 spiro atoms. The van der Waals surface area contributed by atoms with Crippen LogP contribution in [-0.2, 0) is 6.42 Å². The van der Waals surface area contributed by atoms with Crippen molar-refractivity contribution in [3.05, 3.63) is 23.7 Å². The Bertz CT molecular complexity index is 250. The van der Waals surface area contributed by atoms with Gasteiger partial charge in [-0.2, -0.15) is 0 Å². The molecule has 0 unspecified atom stereocenters. The van der Waals surface area contributed by atoms with Crippen molar-refractivity contribution in [1.82, 2.24) is 0 Å². The Kier molecular flexibility index (Phi) is 6.62. The number of rotatable bonds is 5. The lowest BCUT2D eigenvalue weighted by molar-refractivity contribution is 0.422. The quantitative estimate of drug-likeness (QED) is 0.795. The van der Waals surface area contributed by atoms with E-state index in [0.29, 0.717) is 6.54 Å². The molecule has 1 aromatic rings. The number of nitrogens with two attached hydrogens (primary N) is 2. The fourth-order valence-electron chi connectivity index (χ4n) is 1.26. The standard InChI is InChI=1S/C10H18N2O.ClH/c1-2-8-5-6-10(13-8)9(12)4-3-7-11;/h5-6,9H,2-4,7,11-12H2,1H3;1H/t9-;/m0./s1. The largest absolute Gasteiger partial charge is 0.464 e. The van der Waals surface area contributed by atoms with Gasteiger partial charge in [0.05, 0.1) is 6.04 Å². The van der Waals surface area contributed by atoms with E-state index in [1.807, 2.05) is 12.1 Å². The molecule has 3 nitrogen and oxygen atoms in total. The molecule has 4 heteroatoms. The molecular weight excluding hydrogens is 200 g/mol. The minimum absolute atomic E-state index is 0. The third-order valence-corrected chi connectivity index (χ3v) is 2.12. The maximum atomic E-state index is 5.90. The zero-order valence-electron chi connectivity index (χ0n) is 8.53. The summed E-state index contributed by atoms with van der Waals surface area (Å²) in [5, 5.41) is 0. The Balaban J connectivity index is 0.00000169. The van der Waals surface area contributed by atoms with E-state index < -0.39 is 0 Å². The molecule has 0 bridgehead atoms. The second-order valence-corrected chi connectivity index (χ2v) is 3.20. The van der Waals surface area contributed by atoms with Gasteiger partial charge >= 0.3 is 0 Å². The molecule has 0 aromatic carbocycles. The van der Waals surface area contributed by atoms with Gasteiger partial charge in [0.15, 0.2) is 0 Å². The SMILES string of the molecule is CCc1ccc([C@@H](N)CCCN)o1.Cl. The first-order chi connectivity index (χ1) is 6.27. The summed E-state index contributed by atoms with van der Waals surface area (Å²) in [7, 11) is 0. The van der Waals surface area contributed by atoms with E-state index in [0.717, 1.165) is 30.8 Å². The van der Waals surface area contributed by atoms with Crippen molar-refractivity contribution < 1.29 is 4.42 Å². The summed E-state index contributed by atoms with van der Waals surface area (Å²) in [5.41, 5.74) is 11.3. The van der Waals surface area contributed by atoms with Gasteiger partial charge in [-0.1, -0.05) is 6.92 Å². The Morgan fingerprint density at radius 1 is 1.43 bits per heavy atom. The number of aryl methyl sites for hydroxylation is 1. The molecule has 1 aromatic heterocycles. The molecule has 0 aliphatic carbocycles. The zero-order chi connectivity index (χ0) is 9.68. The van der Waals surface area contributed by atoms with Gasteiger partial charge in [0.2, 0.25) is 0 Å². The van der Waals surface area contributed by atoms with Crippen molar-refractivity contribution in [2.75, 3.05) is 6.54 Å². The van der Waals surface area contributed by atoms with Gasteiger partial charge in [-0.25, -0.2) is 0 Å². The van der Waals surface area contributed by atoms with E-state index in [2.05, 4.69) is 6.92 Å². The molecule has 0 aliphatic rings. The minimum Gasteiger partial charge on any atom is -0.464 e. The van der Waals surface area contributed by atoms with Crippen LogP contribution in [0.2, 0.25) is 0 Å². The van der Waals surface area contributed by atoms with Crippen molar-refractivity contribution in [3.63, 3.8) is 0 Å². The molecule has 14 heavy (non-hydrogen) atoms.